The molecule has 0 saturated heterocycles. The van der Waals surface area contributed by atoms with Gasteiger partial charge in [0.2, 0.25) is 0 Å². The molecule has 5 heteroatoms. The zero-order chi connectivity index (χ0) is 14.4. The molecule has 0 aliphatic rings. The van der Waals surface area contributed by atoms with Crippen LogP contribution in [0.1, 0.15) is 24.1 Å². The van der Waals surface area contributed by atoms with Gasteiger partial charge in [-0.1, -0.05) is 12.1 Å². The highest BCUT2D eigenvalue weighted by Gasteiger charge is 2.11. The van der Waals surface area contributed by atoms with E-state index in [1.54, 1.807) is 7.11 Å². The predicted octanol–water partition coefficient (Wildman–Crippen LogP) is 1.73. The Labute approximate surface area is 119 Å². The van der Waals surface area contributed by atoms with Crippen LogP contribution in [0.2, 0.25) is 0 Å². The SMILES string of the molecule is CCn1cc(CNC(CO)c2cccc(OC)c2)cn1. The summed E-state index contributed by atoms with van der Waals surface area (Å²) in [7, 11) is 1.64. The fraction of sp³-hybridized carbons (Fsp3) is 0.400. The van der Waals surface area contributed by atoms with Crippen molar-refractivity contribution in [1.82, 2.24) is 15.1 Å². The molecule has 20 heavy (non-hydrogen) atoms. The largest absolute Gasteiger partial charge is 0.497 e. The summed E-state index contributed by atoms with van der Waals surface area (Å²) in [6, 6.07) is 7.61. The standard InChI is InChI=1S/C15H21N3O2/c1-3-18-10-12(9-17-18)8-16-15(11-19)13-5-4-6-14(7-13)20-2/h4-7,9-10,15-16,19H,3,8,11H2,1-2H3. The van der Waals surface area contributed by atoms with Crippen LogP contribution < -0.4 is 10.1 Å². The zero-order valence-corrected chi connectivity index (χ0v) is 11.9. The van der Waals surface area contributed by atoms with Crippen LogP contribution in [-0.4, -0.2) is 28.6 Å². The van der Waals surface area contributed by atoms with Crippen LogP contribution in [0.5, 0.6) is 5.75 Å². The maximum atomic E-state index is 9.55. The molecule has 1 aromatic heterocycles. The lowest BCUT2D eigenvalue weighted by atomic mass is 10.1. The van der Waals surface area contributed by atoms with E-state index in [-0.39, 0.29) is 12.6 Å². The van der Waals surface area contributed by atoms with Gasteiger partial charge in [-0.2, -0.15) is 5.10 Å². The van der Waals surface area contributed by atoms with Crippen LogP contribution in [0.4, 0.5) is 0 Å². The maximum absolute atomic E-state index is 9.55. The summed E-state index contributed by atoms with van der Waals surface area (Å²) in [5.74, 6) is 0.793. The Morgan fingerprint density at radius 1 is 1.45 bits per heavy atom. The lowest BCUT2D eigenvalue weighted by Gasteiger charge is -2.17. The minimum absolute atomic E-state index is 0.0368. The molecular formula is C15H21N3O2. The summed E-state index contributed by atoms with van der Waals surface area (Å²) in [5, 5.41) is 17.1. The summed E-state index contributed by atoms with van der Waals surface area (Å²) in [5.41, 5.74) is 2.11. The van der Waals surface area contributed by atoms with Gasteiger partial charge in [0, 0.05) is 24.8 Å². The number of nitrogens with one attached hydrogen (secondary N) is 1. The highest BCUT2D eigenvalue weighted by Crippen LogP contribution is 2.19. The molecule has 1 heterocycles. The van der Waals surface area contributed by atoms with E-state index in [9.17, 15) is 5.11 Å². The number of ether oxygens (including phenoxy) is 1. The summed E-state index contributed by atoms with van der Waals surface area (Å²) >= 11 is 0. The van der Waals surface area contributed by atoms with E-state index in [0.717, 1.165) is 23.4 Å². The molecule has 2 N–H and O–H groups in total. The first-order chi connectivity index (χ1) is 9.76. The third-order valence-corrected chi connectivity index (χ3v) is 3.24. The Balaban J connectivity index is 2.01. The first-order valence-corrected chi connectivity index (χ1v) is 6.76. The molecule has 0 spiro atoms. The van der Waals surface area contributed by atoms with Crippen molar-refractivity contribution in [2.75, 3.05) is 13.7 Å². The number of aryl methyl sites for hydroxylation is 1. The molecule has 108 valence electrons. The number of nitrogens with zero attached hydrogens (tertiary/aromatic N) is 2. The van der Waals surface area contributed by atoms with Crippen molar-refractivity contribution >= 4 is 0 Å². The van der Waals surface area contributed by atoms with Crippen LogP contribution in [0.15, 0.2) is 36.7 Å². The summed E-state index contributed by atoms with van der Waals surface area (Å²) in [6.07, 6.45) is 3.85. The molecule has 1 aromatic carbocycles. The average molecular weight is 275 g/mol. The molecule has 1 atom stereocenters. The topological polar surface area (TPSA) is 59.3 Å². The van der Waals surface area contributed by atoms with Gasteiger partial charge in [-0.05, 0) is 24.6 Å². The molecule has 0 radical (unpaired) electrons. The Bertz CT molecular complexity index is 539. The summed E-state index contributed by atoms with van der Waals surface area (Å²) < 4.78 is 7.09. The van der Waals surface area contributed by atoms with E-state index < -0.39 is 0 Å². The van der Waals surface area contributed by atoms with Gasteiger partial charge in [-0.15, -0.1) is 0 Å². The third kappa shape index (κ3) is 3.59. The molecular weight excluding hydrogens is 254 g/mol. The highest BCUT2D eigenvalue weighted by atomic mass is 16.5. The van der Waals surface area contributed by atoms with Crippen LogP contribution in [0, 0.1) is 0 Å². The summed E-state index contributed by atoms with van der Waals surface area (Å²) in [6.45, 7) is 3.62. The number of methoxy groups -OCH3 is 1. The Morgan fingerprint density at radius 2 is 2.30 bits per heavy atom. The Kier molecular flexibility index (Phi) is 5.15. The van der Waals surface area contributed by atoms with Crippen LogP contribution in [-0.2, 0) is 13.1 Å². The van der Waals surface area contributed by atoms with Crippen molar-refractivity contribution in [3.63, 3.8) is 0 Å². The highest BCUT2D eigenvalue weighted by molar-refractivity contribution is 5.30. The second-order valence-corrected chi connectivity index (χ2v) is 4.60. The van der Waals surface area contributed by atoms with Crippen molar-refractivity contribution in [1.29, 1.82) is 0 Å². The average Bonchev–Trinajstić information content (AvgIpc) is 2.96. The van der Waals surface area contributed by atoms with E-state index in [4.69, 9.17) is 4.74 Å². The molecule has 0 amide bonds. The van der Waals surface area contributed by atoms with E-state index in [0.29, 0.717) is 6.54 Å². The normalized spacial score (nSPS) is 12.3. The van der Waals surface area contributed by atoms with E-state index in [2.05, 4.69) is 17.3 Å². The van der Waals surface area contributed by atoms with Gasteiger partial charge in [-0.3, -0.25) is 4.68 Å². The molecule has 1 unspecified atom stereocenters. The fourth-order valence-corrected chi connectivity index (χ4v) is 2.06. The lowest BCUT2D eigenvalue weighted by Crippen LogP contribution is -2.23. The second-order valence-electron chi connectivity index (χ2n) is 4.60. The number of hydrogen-bond acceptors (Lipinski definition) is 4. The maximum Gasteiger partial charge on any atom is 0.119 e. The van der Waals surface area contributed by atoms with Crippen LogP contribution >= 0.6 is 0 Å². The molecule has 0 fully saturated rings. The third-order valence-electron chi connectivity index (χ3n) is 3.24. The zero-order valence-electron chi connectivity index (χ0n) is 11.9. The number of aliphatic hydroxyl groups excluding tert-OH is 1. The molecule has 0 aliphatic carbocycles. The molecule has 0 saturated carbocycles. The van der Waals surface area contributed by atoms with Gasteiger partial charge < -0.3 is 15.2 Å². The molecule has 2 aromatic rings. The lowest BCUT2D eigenvalue weighted by molar-refractivity contribution is 0.243. The number of rotatable bonds is 7. The van der Waals surface area contributed by atoms with Crippen LogP contribution in [0.3, 0.4) is 0 Å². The number of benzene rings is 1. The first-order valence-electron chi connectivity index (χ1n) is 6.76. The predicted molar refractivity (Wildman–Crippen MR) is 77.6 cm³/mol. The number of aromatic nitrogens is 2. The van der Waals surface area contributed by atoms with Gasteiger partial charge in [0.1, 0.15) is 5.75 Å². The van der Waals surface area contributed by atoms with Crippen molar-refractivity contribution in [2.45, 2.75) is 26.1 Å². The molecule has 2 rings (SSSR count). The molecule has 0 aliphatic heterocycles. The van der Waals surface area contributed by atoms with Crippen molar-refractivity contribution in [3.8, 4) is 5.75 Å². The van der Waals surface area contributed by atoms with Crippen molar-refractivity contribution in [2.24, 2.45) is 0 Å². The van der Waals surface area contributed by atoms with E-state index in [1.807, 2.05) is 41.3 Å². The van der Waals surface area contributed by atoms with Gasteiger partial charge in [0.25, 0.3) is 0 Å². The molecule has 5 nitrogen and oxygen atoms in total. The molecule has 0 bridgehead atoms. The van der Waals surface area contributed by atoms with E-state index >= 15 is 0 Å². The van der Waals surface area contributed by atoms with Gasteiger partial charge in [0.15, 0.2) is 0 Å². The fourth-order valence-electron chi connectivity index (χ4n) is 2.06. The van der Waals surface area contributed by atoms with Gasteiger partial charge in [0.05, 0.1) is 26.0 Å². The first kappa shape index (κ1) is 14.6. The smallest absolute Gasteiger partial charge is 0.119 e. The quantitative estimate of drug-likeness (QED) is 0.808. The Morgan fingerprint density at radius 3 is 2.95 bits per heavy atom. The van der Waals surface area contributed by atoms with Gasteiger partial charge in [-0.25, -0.2) is 0 Å². The number of aliphatic hydroxyl groups is 1. The minimum atomic E-state index is -0.116. The van der Waals surface area contributed by atoms with Crippen LogP contribution in [0.25, 0.3) is 0 Å². The van der Waals surface area contributed by atoms with Gasteiger partial charge >= 0.3 is 0 Å². The minimum Gasteiger partial charge on any atom is -0.497 e. The van der Waals surface area contributed by atoms with E-state index in [1.165, 1.54) is 0 Å². The monoisotopic (exact) mass is 275 g/mol. The number of hydrogen-bond donors (Lipinski definition) is 2. The van der Waals surface area contributed by atoms with Crippen molar-refractivity contribution < 1.29 is 9.84 Å². The Hall–Kier alpha value is -1.85. The second kappa shape index (κ2) is 7.07. The van der Waals surface area contributed by atoms with Crippen molar-refractivity contribution in [3.05, 3.63) is 47.8 Å². The summed E-state index contributed by atoms with van der Waals surface area (Å²) in [4.78, 5) is 0.